The number of pyridine rings is 2. The Morgan fingerprint density at radius 3 is 2.39 bits per heavy atom. The van der Waals surface area contributed by atoms with E-state index in [-0.39, 0.29) is 5.91 Å². The molecule has 0 unspecified atom stereocenters. The van der Waals surface area contributed by atoms with Crippen molar-refractivity contribution in [1.29, 1.82) is 0 Å². The largest absolute Gasteiger partial charge is 0.388 e. The van der Waals surface area contributed by atoms with Crippen molar-refractivity contribution in [1.82, 2.24) is 24.7 Å². The zero-order valence-corrected chi connectivity index (χ0v) is 22.4. The van der Waals surface area contributed by atoms with Crippen molar-refractivity contribution in [2.45, 2.75) is 19.5 Å². The predicted octanol–water partition coefficient (Wildman–Crippen LogP) is 3.79. The third kappa shape index (κ3) is 6.27. The number of nitrogens with zero attached hydrogens (tertiary/aromatic N) is 5. The number of anilines is 2. The van der Waals surface area contributed by atoms with Gasteiger partial charge in [-0.2, -0.15) is 0 Å². The van der Waals surface area contributed by atoms with Crippen molar-refractivity contribution in [3.63, 3.8) is 0 Å². The summed E-state index contributed by atoms with van der Waals surface area (Å²) >= 11 is 0. The van der Waals surface area contributed by atoms with Gasteiger partial charge in [-0.05, 0) is 68.0 Å². The number of carbonyl (C=O) groups is 1. The van der Waals surface area contributed by atoms with E-state index in [4.69, 9.17) is 0 Å². The lowest BCUT2D eigenvalue weighted by atomic mass is 9.97. The summed E-state index contributed by atoms with van der Waals surface area (Å²) in [6, 6.07) is 12.1. The number of carbonyl (C=O) groups excluding carboxylic acids is 1. The first kappa shape index (κ1) is 26.0. The normalized spacial score (nSPS) is 16.6. The molecule has 8 heteroatoms. The van der Waals surface area contributed by atoms with Crippen molar-refractivity contribution < 1.29 is 4.79 Å². The van der Waals surface area contributed by atoms with Gasteiger partial charge in [-0.3, -0.25) is 24.6 Å². The molecule has 0 aliphatic carbocycles. The smallest absolute Gasteiger partial charge is 0.255 e. The van der Waals surface area contributed by atoms with Crippen LogP contribution in [0.15, 0.2) is 61.6 Å². The molecule has 8 nitrogen and oxygen atoms in total. The summed E-state index contributed by atoms with van der Waals surface area (Å²) in [4.78, 5) is 29.4. The number of likely N-dealkylation sites (tertiary alicyclic amines) is 1. The van der Waals surface area contributed by atoms with Crippen LogP contribution < -0.4 is 10.6 Å². The second-order valence-electron chi connectivity index (χ2n) is 10.3. The number of nitrogens with one attached hydrogen (secondary N) is 2. The molecular weight excluding hydrogens is 474 g/mol. The van der Waals surface area contributed by atoms with Gasteiger partial charge < -0.3 is 15.5 Å². The van der Waals surface area contributed by atoms with Gasteiger partial charge in [0.25, 0.3) is 5.91 Å². The van der Waals surface area contributed by atoms with Crippen LogP contribution in [0.4, 0.5) is 11.4 Å². The number of hydrogen-bond acceptors (Lipinski definition) is 7. The van der Waals surface area contributed by atoms with E-state index in [1.165, 1.54) is 12.0 Å². The van der Waals surface area contributed by atoms with Crippen molar-refractivity contribution >= 4 is 22.9 Å². The van der Waals surface area contributed by atoms with E-state index in [1.54, 1.807) is 6.20 Å². The molecule has 198 valence electrons. The Bertz CT molecular complexity index is 1280. The van der Waals surface area contributed by atoms with Gasteiger partial charge in [0.15, 0.2) is 0 Å². The standard InChI is InChI=1S/C30H37N7O/c1-22(30(38)34-26-6-7-27(33-19-26)21-37-13-11-35(3)12-14-37)28-16-24(5-8-29(28)31-2)25-15-23(17-32-18-25)20-36-9-4-10-36/h5-8,15-19,31H,1,4,9-14,20-21H2,2-3H3,(H,34,38). The van der Waals surface area contributed by atoms with E-state index >= 15 is 0 Å². The fourth-order valence-corrected chi connectivity index (χ4v) is 4.88. The lowest BCUT2D eigenvalue weighted by Gasteiger charge is -2.32. The summed E-state index contributed by atoms with van der Waals surface area (Å²) < 4.78 is 0. The first-order valence-corrected chi connectivity index (χ1v) is 13.3. The number of hydrogen-bond donors (Lipinski definition) is 2. The molecule has 4 heterocycles. The molecule has 3 aromatic rings. The van der Waals surface area contributed by atoms with Crippen LogP contribution in [0.1, 0.15) is 23.2 Å². The number of likely N-dealkylation sites (N-methyl/N-ethyl adjacent to an activating group) is 1. The molecule has 0 radical (unpaired) electrons. The highest BCUT2D eigenvalue weighted by molar-refractivity contribution is 6.25. The van der Waals surface area contributed by atoms with E-state index in [1.807, 2.05) is 49.8 Å². The number of amides is 1. The fourth-order valence-electron chi connectivity index (χ4n) is 4.88. The summed E-state index contributed by atoms with van der Waals surface area (Å²) in [5, 5.41) is 6.16. The Morgan fingerprint density at radius 2 is 1.71 bits per heavy atom. The molecule has 2 N–H and O–H groups in total. The number of benzene rings is 1. The maximum atomic E-state index is 13.2. The first-order chi connectivity index (χ1) is 18.5. The zero-order chi connectivity index (χ0) is 26.5. The number of aromatic nitrogens is 2. The summed E-state index contributed by atoms with van der Waals surface area (Å²) in [7, 11) is 4.00. The molecule has 2 aromatic heterocycles. The third-order valence-corrected chi connectivity index (χ3v) is 7.44. The van der Waals surface area contributed by atoms with Crippen LogP contribution in [0.5, 0.6) is 0 Å². The maximum absolute atomic E-state index is 13.2. The molecule has 2 fully saturated rings. The second-order valence-corrected chi connectivity index (χ2v) is 10.3. The summed E-state index contributed by atoms with van der Waals surface area (Å²) in [5.41, 5.74) is 6.88. The van der Waals surface area contributed by atoms with E-state index in [2.05, 4.69) is 55.0 Å². The van der Waals surface area contributed by atoms with Gasteiger partial charge in [0.2, 0.25) is 0 Å². The first-order valence-electron chi connectivity index (χ1n) is 13.3. The SMILES string of the molecule is C=C(C(=O)Nc1ccc(CN2CCN(C)CC2)nc1)c1cc(-c2cncc(CN3CCC3)c2)ccc1NC. The van der Waals surface area contributed by atoms with Crippen molar-refractivity contribution in [3.8, 4) is 11.1 Å². The Kier molecular flexibility index (Phi) is 8.12. The molecule has 1 amide bonds. The molecule has 0 spiro atoms. The van der Waals surface area contributed by atoms with Crippen molar-refractivity contribution in [2.24, 2.45) is 0 Å². The van der Waals surface area contributed by atoms with E-state index < -0.39 is 0 Å². The molecular formula is C30H37N7O. The Morgan fingerprint density at radius 1 is 0.921 bits per heavy atom. The average molecular weight is 512 g/mol. The quantitative estimate of drug-likeness (QED) is 0.423. The number of rotatable bonds is 9. The molecule has 0 bridgehead atoms. The highest BCUT2D eigenvalue weighted by Gasteiger charge is 2.18. The van der Waals surface area contributed by atoms with Gasteiger partial charge in [-0.1, -0.05) is 12.6 Å². The maximum Gasteiger partial charge on any atom is 0.255 e. The summed E-state index contributed by atoms with van der Waals surface area (Å²) in [6.07, 6.45) is 6.79. The van der Waals surface area contributed by atoms with Crippen molar-refractivity contribution in [2.75, 3.05) is 64.0 Å². The van der Waals surface area contributed by atoms with Crippen LogP contribution in [0.3, 0.4) is 0 Å². The van der Waals surface area contributed by atoms with Crippen LogP contribution in [0.2, 0.25) is 0 Å². The molecule has 1 aromatic carbocycles. The van der Waals surface area contributed by atoms with E-state index in [0.29, 0.717) is 11.3 Å². The van der Waals surface area contributed by atoms with Crippen molar-refractivity contribution in [3.05, 3.63) is 78.4 Å². The van der Waals surface area contributed by atoms with Crippen LogP contribution in [-0.2, 0) is 17.9 Å². The van der Waals surface area contributed by atoms with E-state index in [0.717, 1.165) is 80.4 Å². The monoisotopic (exact) mass is 511 g/mol. The van der Waals surface area contributed by atoms with Gasteiger partial charge >= 0.3 is 0 Å². The molecule has 0 saturated carbocycles. The highest BCUT2D eigenvalue weighted by Crippen LogP contribution is 2.30. The van der Waals surface area contributed by atoms with E-state index in [9.17, 15) is 4.79 Å². The average Bonchev–Trinajstić information content (AvgIpc) is 2.92. The number of piperazine rings is 1. The van der Waals surface area contributed by atoms with Crippen LogP contribution in [0, 0.1) is 0 Å². The molecule has 2 aliphatic heterocycles. The minimum Gasteiger partial charge on any atom is -0.388 e. The highest BCUT2D eigenvalue weighted by atomic mass is 16.1. The molecule has 5 rings (SSSR count). The minimum absolute atomic E-state index is 0.253. The zero-order valence-electron chi connectivity index (χ0n) is 22.4. The fraction of sp³-hybridized carbons (Fsp3) is 0.367. The lowest BCUT2D eigenvalue weighted by Crippen LogP contribution is -2.43. The topological polar surface area (TPSA) is 76.6 Å². The molecule has 2 aliphatic rings. The van der Waals surface area contributed by atoms with Gasteiger partial charge in [0.1, 0.15) is 0 Å². The summed E-state index contributed by atoms with van der Waals surface area (Å²) in [5.74, 6) is -0.253. The summed E-state index contributed by atoms with van der Waals surface area (Å²) in [6.45, 7) is 12.4. The third-order valence-electron chi connectivity index (χ3n) is 7.44. The molecule has 2 saturated heterocycles. The molecule has 38 heavy (non-hydrogen) atoms. The van der Waals surface area contributed by atoms with Gasteiger partial charge in [-0.15, -0.1) is 0 Å². The minimum atomic E-state index is -0.253. The predicted molar refractivity (Wildman–Crippen MR) is 154 cm³/mol. The van der Waals surface area contributed by atoms with Crippen LogP contribution >= 0.6 is 0 Å². The van der Waals surface area contributed by atoms with Gasteiger partial charge in [0, 0.05) is 81.1 Å². The van der Waals surface area contributed by atoms with Gasteiger partial charge in [0.05, 0.1) is 17.6 Å². The molecule has 0 atom stereocenters. The Hall–Kier alpha value is -3.59. The Balaban J connectivity index is 1.26. The Labute approximate surface area is 225 Å². The van der Waals surface area contributed by atoms with Gasteiger partial charge in [-0.25, -0.2) is 0 Å². The van der Waals surface area contributed by atoms with Crippen LogP contribution in [-0.4, -0.2) is 83.9 Å². The lowest BCUT2D eigenvalue weighted by molar-refractivity contribution is -0.111. The second kappa shape index (κ2) is 11.9. The van der Waals surface area contributed by atoms with Crippen LogP contribution in [0.25, 0.3) is 16.7 Å².